The Bertz CT molecular complexity index is 522. The molecule has 3 N–H and O–H groups in total. The highest BCUT2D eigenvalue weighted by molar-refractivity contribution is 9.10. The van der Waals surface area contributed by atoms with E-state index in [9.17, 15) is 4.79 Å². The van der Waals surface area contributed by atoms with E-state index in [-0.39, 0.29) is 5.69 Å². The first-order chi connectivity index (χ1) is 6.59. The van der Waals surface area contributed by atoms with E-state index in [4.69, 9.17) is 10.8 Å². The van der Waals surface area contributed by atoms with Crippen molar-refractivity contribution < 1.29 is 9.90 Å². The monoisotopic (exact) mass is 256 g/mol. The number of aromatic carboxylic acids is 1. The van der Waals surface area contributed by atoms with Crippen molar-refractivity contribution in [1.29, 1.82) is 0 Å². The van der Waals surface area contributed by atoms with Crippen LogP contribution in [0.3, 0.4) is 0 Å². The van der Waals surface area contributed by atoms with E-state index in [0.717, 1.165) is 0 Å². The first kappa shape index (κ1) is 8.95. The van der Waals surface area contributed by atoms with Crippen molar-refractivity contribution in [2.75, 3.05) is 5.73 Å². The van der Waals surface area contributed by atoms with Crippen molar-refractivity contribution >= 4 is 33.4 Å². The number of hydrogen-bond acceptors (Lipinski definition) is 4. The Morgan fingerprint density at radius 3 is 3.00 bits per heavy atom. The molecule has 14 heavy (non-hydrogen) atoms. The van der Waals surface area contributed by atoms with Gasteiger partial charge in [0.15, 0.2) is 5.69 Å². The number of hydrogen-bond donors (Lipinski definition) is 2. The number of carboxylic acids is 1. The number of anilines is 1. The highest BCUT2D eigenvalue weighted by atomic mass is 79.9. The number of imidazole rings is 1. The molecule has 72 valence electrons. The lowest BCUT2D eigenvalue weighted by molar-refractivity contribution is 0.0690. The molecular formula is C7H5BrN4O2. The summed E-state index contributed by atoms with van der Waals surface area (Å²) in [6, 6.07) is 0. The quantitative estimate of drug-likeness (QED) is 0.786. The van der Waals surface area contributed by atoms with Crippen LogP contribution < -0.4 is 5.73 Å². The van der Waals surface area contributed by atoms with Crippen LogP contribution in [0.15, 0.2) is 17.0 Å². The fraction of sp³-hybridized carbons (Fsp3) is 0. The van der Waals surface area contributed by atoms with Gasteiger partial charge in [0.25, 0.3) is 0 Å². The molecule has 0 radical (unpaired) electrons. The van der Waals surface area contributed by atoms with E-state index in [1.54, 1.807) is 6.20 Å². The number of rotatable bonds is 1. The van der Waals surface area contributed by atoms with Crippen molar-refractivity contribution in [2.24, 2.45) is 0 Å². The van der Waals surface area contributed by atoms with E-state index in [1.807, 2.05) is 0 Å². The molecule has 7 heteroatoms. The third-order valence-corrected chi connectivity index (χ3v) is 2.40. The molecular weight excluding hydrogens is 252 g/mol. The van der Waals surface area contributed by atoms with Crippen LogP contribution in [0, 0.1) is 0 Å². The van der Waals surface area contributed by atoms with Gasteiger partial charge in [-0.3, -0.25) is 4.40 Å². The Hall–Kier alpha value is -1.63. The summed E-state index contributed by atoms with van der Waals surface area (Å²) in [6.45, 7) is 0. The number of nitrogens with zero attached hydrogens (tertiary/aromatic N) is 3. The summed E-state index contributed by atoms with van der Waals surface area (Å²) in [4.78, 5) is 18.4. The lowest BCUT2D eigenvalue weighted by atomic mass is 10.5. The van der Waals surface area contributed by atoms with Gasteiger partial charge in [0, 0.05) is 6.20 Å². The molecule has 0 aliphatic rings. The smallest absolute Gasteiger partial charge is 0.357 e. The zero-order valence-electron chi connectivity index (χ0n) is 6.81. The Morgan fingerprint density at radius 1 is 1.64 bits per heavy atom. The van der Waals surface area contributed by atoms with Crippen LogP contribution in [0.25, 0.3) is 5.78 Å². The maximum atomic E-state index is 10.7. The van der Waals surface area contributed by atoms with Gasteiger partial charge >= 0.3 is 5.97 Å². The van der Waals surface area contributed by atoms with Gasteiger partial charge in [0.2, 0.25) is 5.78 Å². The van der Waals surface area contributed by atoms with Crippen molar-refractivity contribution in [1.82, 2.24) is 14.4 Å². The summed E-state index contributed by atoms with van der Waals surface area (Å²) >= 11 is 3.11. The molecule has 2 aromatic rings. The lowest BCUT2D eigenvalue weighted by Gasteiger charge is -1.95. The SMILES string of the molecule is Nc1cnc2nc(C(=O)O)c(Br)n2c1. The van der Waals surface area contributed by atoms with Gasteiger partial charge in [-0.25, -0.2) is 14.8 Å². The molecule has 2 heterocycles. The van der Waals surface area contributed by atoms with Crippen LogP contribution in [0.2, 0.25) is 0 Å². The molecule has 0 aliphatic carbocycles. The van der Waals surface area contributed by atoms with E-state index >= 15 is 0 Å². The van der Waals surface area contributed by atoms with Gasteiger partial charge in [-0.1, -0.05) is 0 Å². The molecule has 0 amide bonds. The predicted molar refractivity (Wildman–Crippen MR) is 52.1 cm³/mol. The van der Waals surface area contributed by atoms with Crippen LogP contribution in [0.1, 0.15) is 10.5 Å². The first-order valence-corrected chi connectivity index (χ1v) is 4.41. The number of fused-ring (bicyclic) bond motifs is 1. The molecule has 0 saturated carbocycles. The van der Waals surface area contributed by atoms with Crippen molar-refractivity contribution in [3.8, 4) is 0 Å². The third-order valence-electron chi connectivity index (χ3n) is 1.64. The molecule has 0 bridgehead atoms. The minimum Gasteiger partial charge on any atom is -0.476 e. The number of nitrogen functional groups attached to an aromatic ring is 1. The van der Waals surface area contributed by atoms with Crippen LogP contribution in [0.5, 0.6) is 0 Å². The van der Waals surface area contributed by atoms with Crippen LogP contribution in [-0.4, -0.2) is 25.4 Å². The zero-order chi connectivity index (χ0) is 10.3. The van der Waals surface area contributed by atoms with Crippen LogP contribution >= 0.6 is 15.9 Å². The van der Waals surface area contributed by atoms with Gasteiger partial charge < -0.3 is 10.8 Å². The van der Waals surface area contributed by atoms with E-state index in [0.29, 0.717) is 16.1 Å². The number of carboxylic acid groups (broad SMARTS) is 1. The number of carbonyl (C=O) groups is 1. The molecule has 0 atom stereocenters. The third kappa shape index (κ3) is 1.22. The molecule has 2 aromatic heterocycles. The minimum absolute atomic E-state index is 0.0805. The highest BCUT2D eigenvalue weighted by Gasteiger charge is 2.16. The fourth-order valence-electron chi connectivity index (χ4n) is 1.06. The number of aromatic nitrogens is 3. The molecule has 0 fully saturated rings. The largest absolute Gasteiger partial charge is 0.476 e. The van der Waals surface area contributed by atoms with Gasteiger partial charge in [0.1, 0.15) is 4.60 Å². The van der Waals surface area contributed by atoms with E-state index in [1.165, 1.54) is 10.6 Å². The summed E-state index contributed by atoms with van der Waals surface area (Å²) in [5.74, 6) is -0.815. The van der Waals surface area contributed by atoms with Crippen LogP contribution in [-0.2, 0) is 0 Å². The van der Waals surface area contributed by atoms with Crippen LogP contribution in [0.4, 0.5) is 5.69 Å². The van der Waals surface area contributed by atoms with Gasteiger partial charge in [0.05, 0.1) is 11.9 Å². The molecule has 0 saturated heterocycles. The number of nitrogens with two attached hydrogens (primary N) is 1. The topological polar surface area (TPSA) is 93.5 Å². The van der Waals surface area contributed by atoms with Gasteiger partial charge in [-0.15, -0.1) is 0 Å². The first-order valence-electron chi connectivity index (χ1n) is 3.62. The summed E-state index contributed by atoms with van der Waals surface area (Å²) in [5, 5.41) is 8.77. The number of halogens is 1. The fourth-order valence-corrected chi connectivity index (χ4v) is 1.58. The Labute approximate surface area is 86.5 Å². The summed E-state index contributed by atoms with van der Waals surface area (Å²) in [6.07, 6.45) is 2.96. The lowest BCUT2D eigenvalue weighted by Crippen LogP contribution is -1.97. The van der Waals surface area contributed by atoms with Crippen molar-refractivity contribution in [2.45, 2.75) is 0 Å². The second-order valence-electron chi connectivity index (χ2n) is 2.61. The second-order valence-corrected chi connectivity index (χ2v) is 3.36. The molecule has 6 nitrogen and oxygen atoms in total. The molecule has 0 aromatic carbocycles. The molecule has 2 rings (SSSR count). The van der Waals surface area contributed by atoms with Gasteiger partial charge in [-0.05, 0) is 15.9 Å². The zero-order valence-corrected chi connectivity index (χ0v) is 8.39. The Morgan fingerprint density at radius 2 is 2.36 bits per heavy atom. The summed E-state index contributed by atoms with van der Waals surface area (Å²) < 4.78 is 1.80. The average Bonchev–Trinajstić information content (AvgIpc) is 2.44. The second kappa shape index (κ2) is 2.95. The van der Waals surface area contributed by atoms with E-state index in [2.05, 4.69) is 25.9 Å². The van der Waals surface area contributed by atoms with Crippen molar-refractivity contribution in [3.05, 3.63) is 22.7 Å². The summed E-state index contributed by atoms with van der Waals surface area (Å²) in [7, 11) is 0. The minimum atomic E-state index is -1.11. The highest BCUT2D eigenvalue weighted by Crippen LogP contribution is 2.18. The van der Waals surface area contributed by atoms with E-state index < -0.39 is 5.97 Å². The predicted octanol–water partition coefficient (Wildman–Crippen LogP) is 0.772. The van der Waals surface area contributed by atoms with Gasteiger partial charge in [-0.2, -0.15) is 0 Å². The normalized spacial score (nSPS) is 10.6. The molecule has 0 aliphatic heterocycles. The molecule has 0 unspecified atom stereocenters. The maximum Gasteiger partial charge on any atom is 0.357 e. The average molecular weight is 257 g/mol. The Kier molecular flexibility index (Phi) is 1.88. The summed E-state index contributed by atoms with van der Waals surface area (Å²) in [5.41, 5.74) is 5.86. The standard InChI is InChI=1S/C7H5BrN4O2/c8-5-4(6(13)14)11-7-10-1-3(9)2-12(5)7/h1-2H,9H2,(H,13,14). The maximum absolute atomic E-state index is 10.7. The molecule has 0 spiro atoms. The van der Waals surface area contributed by atoms with Crippen molar-refractivity contribution in [3.63, 3.8) is 0 Å². The Balaban J connectivity index is 2.80.